The van der Waals surface area contributed by atoms with Crippen molar-refractivity contribution in [2.24, 2.45) is 0 Å². The molecule has 0 spiro atoms. The molecule has 316 valence electrons. The van der Waals surface area contributed by atoms with Gasteiger partial charge >= 0.3 is 0 Å². The number of benzene rings is 9. The van der Waals surface area contributed by atoms with E-state index in [2.05, 4.69) is 257 Å². The molecule has 0 saturated heterocycles. The minimum absolute atomic E-state index is 0.230. The molecule has 1 aliphatic rings. The summed E-state index contributed by atoms with van der Waals surface area (Å²) >= 11 is 1.82. The Kier molecular flexibility index (Phi) is 10.5. The van der Waals surface area contributed by atoms with Crippen LogP contribution in [0.15, 0.2) is 225 Å². The third-order valence-corrected chi connectivity index (χ3v) is 14.7. The number of thiophene rings is 1. The van der Waals surface area contributed by atoms with E-state index in [1.54, 1.807) is 0 Å². The van der Waals surface area contributed by atoms with E-state index in [1.165, 1.54) is 98.4 Å². The topological polar surface area (TPSA) is 3.24 Å². The second kappa shape index (κ2) is 17.0. The van der Waals surface area contributed by atoms with Gasteiger partial charge in [0.25, 0.3) is 0 Å². The van der Waals surface area contributed by atoms with Gasteiger partial charge in [-0.1, -0.05) is 215 Å². The maximum Gasteiger partial charge on any atom is 0.0540 e. The fraction of sp³-hybridized carbons (Fsp3) is 0.0625. The van der Waals surface area contributed by atoms with Gasteiger partial charge in [0.2, 0.25) is 0 Å². The standard InChI is InChI=1S/C64H49NS/c1-5-17-57-58-26-16-25-54(63(58)66-62(57)6-2)50-22-15-23-51(40-50)65(61-27-14-13-24-53(61)48-20-11-8-12-21-48)52-37-39-56-55-38-36-49(41-59(55)64(3,4)60(56)42-52)47-34-32-46(33-35-47)45-30-28-44(29-31-45)43-18-9-7-10-19-43/h5-42H,2H2,1,3-4H3/b17-5-. The highest BCUT2D eigenvalue weighted by Gasteiger charge is 2.36. The van der Waals surface area contributed by atoms with Crippen molar-refractivity contribution in [2.45, 2.75) is 26.2 Å². The predicted molar refractivity (Wildman–Crippen MR) is 286 cm³/mol. The van der Waals surface area contributed by atoms with Crippen molar-refractivity contribution in [3.8, 4) is 66.8 Å². The quantitative estimate of drug-likeness (QED) is 0.132. The molecule has 11 rings (SSSR count). The molecule has 0 unspecified atom stereocenters. The minimum atomic E-state index is -0.230. The van der Waals surface area contributed by atoms with Gasteiger partial charge in [-0.25, -0.2) is 0 Å². The Morgan fingerprint density at radius 3 is 1.62 bits per heavy atom. The molecule has 1 heterocycles. The monoisotopic (exact) mass is 863 g/mol. The number of hydrogen-bond acceptors (Lipinski definition) is 2. The zero-order chi connectivity index (χ0) is 44.8. The van der Waals surface area contributed by atoms with Crippen LogP contribution in [0.2, 0.25) is 0 Å². The van der Waals surface area contributed by atoms with Gasteiger partial charge in [0.1, 0.15) is 0 Å². The summed E-state index contributed by atoms with van der Waals surface area (Å²) in [6.45, 7) is 11.0. The first-order valence-electron chi connectivity index (χ1n) is 22.8. The van der Waals surface area contributed by atoms with Crippen molar-refractivity contribution >= 4 is 50.6 Å². The van der Waals surface area contributed by atoms with Gasteiger partial charge in [-0.3, -0.25) is 0 Å². The maximum absolute atomic E-state index is 4.17. The highest BCUT2D eigenvalue weighted by Crippen LogP contribution is 2.52. The lowest BCUT2D eigenvalue weighted by atomic mass is 9.81. The van der Waals surface area contributed by atoms with Gasteiger partial charge in [0.05, 0.1) is 5.69 Å². The summed E-state index contributed by atoms with van der Waals surface area (Å²) in [5.41, 5.74) is 21.8. The van der Waals surface area contributed by atoms with Crippen LogP contribution in [0.5, 0.6) is 0 Å². The van der Waals surface area contributed by atoms with Crippen molar-refractivity contribution in [1.82, 2.24) is 0 Å². The number of anilines is 3. The normalized spacial score (nSPS) is 12.6. The molecule has 66 heavy (non-hydrogen) atoms. The second-order valence-electron chi connectivity index (χ2n) is 17.7. The molecule has 0 saturated carbocycles. The molecule has 1 nitrogen and oxygen atoms in total. The Bertz CT molecular complexity index is 3440. The van der Waals surface area contributed by atoms with Crippen LogP contribution in [-0.2, 0) is 5.41 Å². The zero-order valence-corrected chi connectivity index (χ0v) is 38.3. The van der Waals surface area contributed by atoms with Crippen molar-refractivity contribution < 1.29 is 0 Å². The van der Waals surface area contributed by atoms with E-state index in [0.29, 0.717) is 0 Å². The summed E-state index contributed by atoms with van der Waals surface area (Å²) in [6, 6.07) is 78.0. The lowest BCUT2D eigenvalue weighted by molar-refractivity contribution is 0.660. The van der Waals surface area contributed by atoms with E-state index >= 15 is 0 Å². The molecule has 0 aliphatic heterocycles. The number of para-hydroxylation sites is 1. The van der Waals surface area contributed by atoms with Crippen LogP contribution >= 0.6 is 11.3 Å². The molecular formula is C64H49NS. The first kappa shape index (κ1) is 41.0. The lowest BCUT2D eigenvalue weighted by Crippen LogP contribution is -2.17. The molecule has 0 fully saturated rings. The average molecular weight is 864 g/mol. The number of fused-ring (bicyclic) bond motifs is 4. The summed E-state index contributed by atoms with van der Waals surface area (Å²) in [6.07, 6.45) is 6.31. The Morgan fingerprint density at radius 2 is 0.955 bits per heavy atom. The maximum atomic E-state index is 4.17. The SMILES string of the molecule is C=Cc1sc2c(-c3cccc(N(c4ccc5c(c4)C(C)(C)c4cc(-c6ccc(-c7ccc(-c8ccccc8)cc7)cc6)ccc4-5)c4ccccc4-c4ccccc4)c3)cccc2c1/C=C\C. The van der Waals surface area contributed by atoms with Crippen LogP contribution < -0.4 is 4.90 Å². The molecule has 9 aromatic carbocycles. The van der Waals surface area contributed by atoms with Crippen LogP contribution in [0.25, 0.3) is 89.0 Å². The van der Waals surface area contributed by atoms with Crippen molar-refractivity contribution in [1.29, 1.82) is 0 Å². The number of nitrogens with zero attached hydrogens (tertiary/aromatic N) is 1. The smallest absolute Gasteiger partial charge is 0.0540 e. The highest BCUT2D eigenvalue weighted by molar-refractivity contribution is 7.20. The van der Waals surface area contributed by atoms with Gasteiger partial charge in [-0.2, -0.15) is 0 Å². The van der Waals surface area contributed by atoms with Gasteiger partial charge in [0.15, 0.2) is 0 Å². The minimum Gasteiger partial charge on any atom is -0.310 e. The molecule has 1 aromatic heterocycles. The van der Waals surface area contributed by atoms with E-state index in [1.807, 2.05) is 17.4 Å². The zero-order valence-electron chi connectivity index (χ0n) is 37.5. The Hall–Kier alpha value is -7.78. The van der Waals surface area contributed by atoms with Crippen LogP contribution in [0.3, 0.4) is 0 Å². The molecule has 0 amide bonds. The second-order valence-corrected chi connectivity index (χ2v) is 18.7. The number of allylic oxidation sites excluding steroid dienone is 1. The fourth-order valence-corrected chi connectivity index (χ4v) is 11.2. The predicted octanol–water partition coefficient (Wildman–Crippen LogP) is 18.7. The van der Waals surface area contributed by atoms with Gasteiger partial charge < -0.3 is 4.90 Å². The van der Waals surface area contributed by atoms with Gasteiger partial charge in [-0.15, -0.1) is 11.3 Å². The summed E-state index contributed by atoms with van der Waals surface area (Å²) < 4.78 is 1.27. The number of rotatable bonds is 10. The van der Waals surface area contributed by atoms with Crippen molar-refractivity contribution in [2.75, 3.05) is 4.90 Å². The summed E-state index contributed by atoms with van der Waals surface area (Å²) in [4.78, 5) is 3.65. The molecule has 10 aromatic rings. The van der Waals surface area contributed by atoms with E-state index in [4.69, 9.17) is 0 Å². The molecule has 0 radical (unpaired) electrons. The van der Waals surface area contributed by atoms with Crippen LogP contribution in [-0.4, -0.2) is 0 Å². The Morgan fingerprint density at radius 1 is 0.439 bits per heavy atom. The van der Waals surface area contributed by atoms with Crippen LogP contribution in [0.4, 0.5) is 17.1 Å². The first-order chi connectivity index (χ1) is 32.4. The largest absolute Gasteiger partial charge is 0.310 e. The third kappa shape index (κ3) is 7.21. The summed E-state index contributed by atoms with van der Waals surface area (Å²) in [5, 5.41) is 1.26. The third-order valence-electron chi connectivity index (χ3n) is 13.4. The van der Waals surface area contributed by atoms with E-state index < -0.39 is 0 Å². The molecule has 0 atom stereocenters. The summed E-state index contributed by atoms with van der Waals surface area (Å²) in [7, 11) is 0. The molecule has 1 aliphatic carbocycles. The molecular weight excluding hydrogens is 815 g/mol. The van der Waals surface area contributed by atoms with E-state index in [0.717, 1.165) is 17.1 Å². The molecule has 0 bridgehead atoms. The van der Waals surface area contributed by atoms with Crippen LogP contribution in [0.1, 0.15) is 42.3 Å². The molecule has 0 N–H and O–H groups in total. The Labute approximate surface area is 393 Å². The van der Waals surface area contributed by atoms with E-state index in [-0.39, 0.29) is 5.41 Å². The lowest BCUT2D eigenvalue weighted by Gasteiger charge is -2.30. The summed E-state index contributed by atoms with van der Waals surface area (Å²) in [5.74, 6) is 0. The first-order valence-corrected chi connectivity index (χ1v) is 23.6. The van der Waals surface area contributed by atoms with Gasteiger partial charge in [-0.05, 0) is 121 Å². The van der Waals surface area contributed by atoms with Crippen LogP contribution in [0, 0.1) is 0 Å². The van der Waals surface area contributed by atoms with Crippen molar-refractivity contribution in [3.63, 3.8) is 0 Å². The van der Waals surface area contributed by atoms with Crippen molar-refractivity contribution in [3.05, 3.63) is 247 Å². The van der Waals surface area contributed by atoms with E-state index in [9.17, 15) is 0 Å². The average Bonchev–Trinajstić information content (AvgIpc) is 3.85. The highest BCUT2D eigenvalue weighted by atomic mass is 32.1. The number of hydrogen-bond donors (Lipinski definition) is 0. The fourth-order valence-electron chi connectivity index (χ4n) is 10.0. The Balaban J connectivity index is 0.974. The van der Waals surface area contributed by atoms with Gasteiger partial charge in [0, 0.05) is 37.3 Å². The molecule has 2 heteroatoms.